The summed E-state index contributed by atoms with van der Waals surface area (Å²) in [6.45, 7) is 2.89. The van der Waals surface area contributed by atoms with Crippen molar-refractivity contribution in [2.24, 2.45) is 0 Å². The summed E-state index contributed by atoms with van der Waals surface area (Å²) in [5.41, 5.74) is 0.544. The van der Waals surface area contributed by atoms with Crippen LogP contribution in [0, 0.1) is 0 Å². The first-order chi connectivity index (χ1) is 13.9. The maximum absolute atomic E-state index is 12.2. The van der Waals surface area contributed by atoms with E-state index >= 15 is 0 Å². The summed E-state index contributed by atoms with van der Waals surface area (Å²) in [5, 5.41) is 13.3. The molecule has 1 heterocycles. The normalized spacial score (nSPS) is 10.8. The largest absolute Gasteiger partial charge is 0.486 e. The Kier molecular flexibility index (Phi) is 7.66. The van der Waals surface area contributed by atoms with Crippen molar-refractivity contribution in [3.63, 3.8) is 0 Å². The minimum atomic E-state index is -0.196. The number of hydrogen-bond acceptors (Lipinski definition) is 5. The van der Waals surface area contributed by atoms with E-state index in [0.29, 0.717) is 44.0 Å². The van der Waals surface area contributed by atoms with Gasteiger partial charge in [-0.1, -0.05) is 46.6 Å². The molecule has 1 N–H and O–H groups in total. The van der Waals surface area contributed by atoms with E-state index in [9.17, 15) is 4.79 Å². The number of carbonyl (C=O) groups is 1. The van der Waals surface area contributed by atoms with Gasteiger partial charge in [0.25, 0.3) is 0 Å². The Balaban J connectivity index is 1.58. The van der Waals surface area contributed by atoms with Crippen LogP contribution >= 0.6 is 46.6 Å². The highest BCUT2D eigenvalue weighted by Gasteiger charge is 2.14. The van der Waals surface area contributed by atoms with Gasteiger partial charge in [-0.3, -0.25) is 4.79 Å². The Morgan fingerprint density at radius 1 is 1.07 bits per heavy atom. The quantitative estimate of drug-likeness (QED) is 0.435. The minimum Gasteiger partial charge on any atom is -0.486 e. The summed E-state index contributed by atoms with van der Waals surface area (Å²) in [6.07, 6.45) is 0. The first-order valence-electron chi connectivity index (χ1n) is 8.63. The van der Waals surface area contributed by atoms with Gasteiger partial charge in [-0.2, -0.15) is 0 Å². The molecule has 29 heavy (non-hydrogen) atoms. The Bertz CT molecular complexity index is 975. The van der Waals surface area contributed by atoms with Gasteiger partial charge < -0.3 is 14.6 Å². The fraction of sp³-hybridized carbons (Fsp3) is 0.211. The maximum atomic E-state index is 12.2. The predicted octanol–water partition coefficient (Wildman–Crippen LogP) is 5.57. The molecule has 0 bridgehead atoms. The minimum absolute atomic E-state index is 0.167. The SMILES string of the molecule is CCn1c(COc2ccc(Cl)cc2)nnc1SCC(=O)Nc1cc(Cl)cc(Cl)c1. The van der Waals surface area contributed by atoms with Crippen LogP contribution < -0.4 is 10.1 Å². The maximum Gasteiger partial charge on any atom is 0.234 e. The summed E-state index contributed by atoms with van der Waals surface area (Å²) in [7, 11) is 0. The third-order valence-electron chi connectivity index (χ3n) is 3.77. The Morgan fingerprint density at radius 3 is 2.41 bits per heavy atom. The number of hydrogen-bond donors (Lipinski definition) is 1. The third-order valence-corrected chi connectivity index (χ3v) is 5.43. The van der Waals surface area contributed by atoms with E-state index in [4.69, 9.17) is 39.5 Å². The molecular formula is C19H17Cl3N4O2S. The molecule has 1 aromatic heterocycles. The van der Waals surface area contributed by atoms with Gasteiger partial charge in [0.2, 0.25) is 5.91 Å². The van der Waals surface area contributed by atoms with E-state index in [1.807, 2.05) is 11.5 Å². The lowest BCUT2D eigenvalue weighted by atomic mass is 10.3. The molecule has 0 aliphatic rings. The number of carbonyl (C=O) groups excluding carboxylic acids is 1. The molecule has 3 aromatic rings. The molecule has 2 aromatic carbocycles. The standard InChI is InChI=1S/C19H17Cl3N4O2S/c1-2-26-17(10-28-16-5-3-12(20)4-6-16)24-25-19(26)29-11-18(27)23-15-8-13(21)7-14(22)9-15/h3-9H,2,10-11H2,1H3,(H,23,27). The number of amides is 1. The molecular weight excluding hydrogens is 455 g/mol. The second-order valence-corrected chi connectivity index (χ2v) is 8.13. The molecule has 152 valence electrons. The monoisotopic (exact) mass is 470 g/mol. The van der Waals surface area contributed by atoms with Gasteiger partial charge in [0.05, 0.1) is 5.75 Å². The van der Waals surface area contributed by atoms with Crippen molar-refractivity contribution in [1.82, 2.24) is 14.8 Å². The zero-order valence-corrected chi connectivity index (χ0v) is 18.4. The van der Waals surface area contributed by atoms with Gasteiger partial charge >= 0.3 is 0 Å². The van der Waals surface area contributed by atoms with Crippen molar-refractivity contribution >= 4 is 58.2 Å². The second-order valence-electron chi connectivity index (χ2n) is 5.88. The van der Waals surface area contributed by atoms with E-state index in [1.165, 1.54) is 11.8 Å². The molecule has 6 nitrogen and oxygen atoms in total. The smallest absolute Gasteiger partial charge is 0.234 e. The molecule has 0 atom stereocenters. The van der Waals surface area contributed by atoms with E-state index < -0.39 is 0 Å². The zero-order valence-electron chi connectivity index (χ0n) is 15.4. The fourth-order valence-corrected chi connectivity index (χ4v) is 3.96. The number of nitrogens with one attached hydrogen (secondary N) is 1. The van der Waals surface area contributed by atoms with Crippen molar-refractivity contribution in [1.29, 1.82) is 0 Å². The van der Waals surface area contributed by atoms with Crippen LogP contribution in [-0.4, -0.2) is 26.4 Å². The molecule has 1 amide bonds. The van der Waals surface area contributed by atoms with Gasteiger partial charge in [0.1, 0.15) is 12.4 Å². The molecule has 0 radical (unpaired) electrons. The van der Waals surface area contributed by atoms with Gasteiger partial charge in [-0.25, -0.2) is 0 Å². The van der Waals surface area contributed by atoms with Crippen molar-refractivity contribution < 1.29 is 9.53 Å². The van der Waals surface area contributed by atoms with Crippen molar-refractivity contribution in [3.8, 4) is 5.75 Å². The van der Waals surface area contributed by atoms with Crippen molar-refractivity contribution in [2.45, 2.75) is 25.2 Å². The van der Waals surface area contributed by atoms with Crippen molar-refractivity contribution in [3.05, 3.63) is 63.4 Å². The highest BCUT2D eigenvalue weighted by atomic mass is 35.5. The third kappa shape index (κ3) is 6.27. The highest BCUT2D eigenvalue weighted by molar-refractivity contribution is 7.99. The van der Waals surface area contributed by atoms with E-state index in [2.05, 4.69) is 15.5 Å². The highest BCUT2D eigenvalue weighted by Crippen LogP contribution is 2.24. The van der Waals surface area contributed by atoms with Crippen LogP contribution in [0.2, 0.25) is 15.1 Å². The number of anilines is 1. The second kappa shape index (κ2) is 10.2. The van der Waals surface area contributed by atoms with Crippen LogP contribution in [0.3, 0.4) is 0 Å². The van der Waals surface area contributed by atoms with Crippen LogP contribution in [0.15, 0.2) is 47.6 Å². The Hall–Kier alpha value is -1.93. The number of benzene rings is 2. The molecule has 0 spiro atoms. The number of aromatic nitrogens is 3. The lowest BCUT2D eigenvalue weighted by Gasteiger charge is -2.09. The lowest BCUT2D eigenvalue weighted by molar-refractivity contribution is -0.113. The van der Waals surface area contributed by atoms with Crippen LogP contribution in [0.4, 0.5) is 5.69 Å². The first-order valence-corrected chi connectivity index (χ1v) is 10.8. The van der Waals surface area contributed by atoms with E-state index in [1.54, 1.807) is 42.5 Å². The van der Waals surface area contributed by atoms with Crippen LogP contribution in [0.1, 0.15) is 12.7 Å². The molecule has 0 saturated carbocycles. The molecule has 3 rings (SSSR count). The zero-order chi connectivity index (χ0) is 20.8. The van der Waals surface area contributed by atoms with Crippen LogP contribution in [0.25, 0.3) is 0 Å². The Labute approximate surface area is 187 Å². The predicted molar refractivity (Wildman–Crippen MR) is 117 cm³/mol. The van der Waals surface area contributed by atoms with Gasteiger partial charge in [0.15, 0.2) is 11.0 Å². The summed E-state index contributed by atoms with van der Waals surface area (Å²) in [4.78, 5) is 12.2. The topological polar surface area (TPSA) is 69.0 Å². The number of thioether (sulfide) groups is 1. The molecule has 0 saturated heterocycles. The number of rotatable bonds is 8. The average molecular weight is 472 g/mol. The summed E-state index contributed by atoms with van der Waals surface area (Å²) < 4.78 is 7.64. The number of halogens is 3. The Morgan fingerprint density at radius 2 is 1.76 bits per heavy atom. The van der Waals surface area contributed by atoms with Crippen LogP contribution in [-0.2, 0) is 17.9 Å². The summed E-state index contributed by atoms with van der Waals surface area (Å²) >= 11 is 19.1. The van der Waals surface area contributed by atoms with Gasteiger partial charge in [-0.05, 0) is 49.4 Å². The van der Waals surface area contributed by atoms with Crippen molar-refractivity contribution in [2.75, 3.05) is 11.1 Å². The van der Waals surface area contributed by atoms with E-state index in [0.717, 1.165) is 0 Å². The molecule has 10 heteroatoms. The number of ether oxygens (including phenoxy) is 1. The summed E-state index contributed by atoms with van der Waals surface area (Å²) in [5.74, 6) is 1.33. The van der Waals surface area contributed by atoms with E-state index in [-0.39, 0.29) is 18.3 Å². The van der Waals surface area contributed by atoms with Crippen LogP contribution in [0.5, 0.6) is 5.75 Å². The van der Waals surface area contributed by atoms with Gasteiger partial charge in [-0.15, -0.1) is 10.2 Å². The molecule has 0 unspecified atom stereocenters. The lowest BCUT2D eigenvalue weighted by Crippen LogP contribution is -2.15. The van der Waals surface area contributed by atoms with Gasteiger partial charge in [0, 0.05) is 27.3 Å². The number of nitrogens with zero attached hydrogens (tertiary/aromatic N) is 3. The molecule has 0 aliphatic carbocycles. The fourth-order valence-electron chi connectivity index (χ4n) is 2.48. The molecule has 0 fully saturated rings. The molecule has 0 aliphatic heterocycles. The summed E-state index contributed by atoms with van der Waals surface area (Å²) in [6, 6.07) is 12.0. The average Bonchev–Trinajstić information content (AvgIpc) is 3.07. The first kappa shape index (κ1) is 21.8.